The van der Waals surface area contributed by atoms with Crippen LogP contribution in [0.25, 0.3) is 5.69 Å². The third kappa shape index (κ3) is 3.57. The Hall–Kier alpha value is -2.68. The summed E-state index contributed by atoms with van der Waals surface area (Å²) in [6, 6.07) is 17.8. The van der Waals surface area contributed by atoms with Crippen molar-refractivity contribution in [3.8, 4) is 5.69 Å². The van der Waals surface area contributed by atoms with Gasteiger partial charge >= 0.3 is 0 Å². The van der Waals surface area contributed by atoms with E-state index in [1.807, 2.05) is 79.3 Å². The quantitative estimate of drug-likeness (QED) is 0.659. The van der Waals surface area contributed by atoms with Gasteiger partial charge in [-0.3, -0.25) is 4.79 Å². The molecule has 0 radical (unpaired) electrons. The Balaban J connectivity index is 1.70. The van der Waals surface area contributed by atoms with Gasteiger partial charge in [0, 0.05) is 18.2 Å². The van der Waals surface area contributed by atoms with E-state index in [2.05, 4.69) is 5.10 Å². The Morgan fingerprint density at radius 1 is 1.00 bits per heavy atom. The van der Waals surface area contributed by atoms with Gasteiger partial charge in [0.25, 0.3) is 0 Å². The number of hydrogen-bond acceptors (Lipinski definition) is 2. The van der Waals surface area contributed by atoms with Crippen molar-refractivity contribution in [1.82, 2.24) is 9.78 Å². The van der Waals surface area contributed by atoms with E-state index < -0.39 is 0 Å². The Labute approximate surface area is 136 Å². The van der Waals surface area contributed by atoms with Gasteiger partial charge in [0.1, 0.15) is 0 Å². The number of carbonyl (C=O) groups is 1. The lowest BCUT2D eigenvalue weighted by atomic mass is 10.0. The maximum Gasteiger partial charge on any atom is 0.163 e. The first-order valence-electron chi connectivity index (χ1n) is 7.84. The first-order chi connectivity index (χ1) is 11.1. The van der Waals surface area contributed by atoms with E-state index in [0.29, 0.717) is 12.8 Å². The van der Waals surface area contributed by atoms with Gasteiger partial charge in [-0.25, -0.2) is 4.68 Å². The van der Waals surface area contributed by atoms with Crippen LogP contribution in [0.3, 0.4) is 0 Å². The summed E-state index contributed by atoms with van der Waals surface area (Å²) in [6.45, 7) is 4.01. The highest BCUT2D eigenvalue weighted by Gasteiger charge is 2.10. The lowest BCUT2D eigenvalue weighted by Crippen LogP contribution is -2.01. The smallest absolute Gasteiger partial charge is 0.163 e. The van der Waals surface area contributed by atoms with Crippen molar-refractivity contribution in [3.63, 3.8) is 0 Å². The topological polar surface area (TPSA) is 34.9 Å². The monoisotopic (exact) mass is 304 g/mol. The van der Waals surface area contributed by atoms with Crippen LogP contribution in [0.15, 0.2) is 60.8 Å². The number of aryl methyl sites for hydroxylation is 3. The summed E-state index contributed by atoms with van der Waals surface area (Å²) >= 11 is 0. The highest BCUT2D eigenvalue weighted by molar-refractivity contribution is 5.96. The molecule has 0 aliphatic heterocycles. The molecule has 0 saturated carbocycles. The van der Waals surface area contributed by atoms with Crippen LogP contribution in [-0.4, -0.2) is 15.6 Å². The number of aromatic nitrogens is 2. The molecule has 0 atom stereocenters. The number of ketones is 1. The normalized spacial score (nSPS) is 10.7. The fourth-order valence-electron chi connectivity index (χ4n) is 2.59. The SMILES string of the molecule is Cc1ccc(C(=O)CCc2cn(-c3ccccc3)nc2C)cc1. The van der Waals surface area contributed by atoms with Crippen molar-refractivity contribution in [2.45, 2.75) is 26.7 Å². The number of benzene rings is 2. The number of carbonyl (C=O) groups excluding carboxylic acids is 1. The molecule has 0 saturated heterocycles. The molecule has 3 nitrogen and oxygen atoms in total. The molecule has 2 aromatic carbocycles. The third-order valence-electron chi connectivity index (χ3n) is 4.02. The minimum atomic E-state index is 0.178. The number of hydrogen-bond donors (Lipinski definition) is 0. The van der Waals surface area contributed by atoms with Gasteiger partial charge < -0.3 is 0 Å². The molecule has 3 aromatic rings. The van der Waals surface area contributed by atoms with Crippen molar-refractivity contribution in [2.24, 2.45) is 0 Å². The van der Waals surface area contributed by atoms with Gasteiger partial charge in [0.15, 0.2) is 5.78 Å². The third-order valence-corrected chi connectivity index (χ3v) is 4.02. The van der Waals surface area contributed by atoms with Crippen LogP contribution in [-0.2, 0) is 6.42 Å². The fraction of sp³-hybridized carbons (Fsp3) is 0.200. The molecule has 0 fully saturated rings. The molecule has 3 heteroatoms. The Kier molecular flexibility index (Phi) is 4.38. The Morgan fingerprint density at radius 2 is 1.70 bits per heavy atom. The zero-order chi connectivity index (χ0) is 16.2. The molecule has 0 aliphatic rings. The van der Waals surface area contributed by atoms with E-state index in [9.17, 15) is 4.79 Å². The molecule has 116 valence electrons. The number of Topliss-reactive ketones (excluding diaryl/α,β-unsaturated/α-hetero) is 1. The Bertz CT molecular complexity index is 801. The minimum Gasteiger partial charge on any atom is -0.294 e. The van der Waals surface area contributed by atoms with E-state index in [4.69, 9.17) is 0 Å². The molecule has 1 aromatic heterocycles. The molecular formula is C20H20N2O. The van der Waals surface area contributed by atoms with Gasteiger partial charge in [-0.1, -0.05) is 48.0 Å². The van der Waals surface area contributed by atoms with Crippen LogP contribution < -0.4 is 0 Å². The van der Waals surface area contributed by atoms with Crippen molar-refractivity contribution < 1.29 is 4.79 Å². The number of rotatable bonds is 5. The van der Waals surface area contributed by atoms with Gasteiger partial charge in [-0.15, -0.1) is 0 Å². The van der Waals surface area contributed by atoms with Crippen LogP contribution in [0.5, 0.6) is 0 Å². The standard InChI is InChI=1S/C20H20N2O/c1-15-8-10-17(11-9-15)20(23)13-12-18-14-22(21-16(18)2)19-6-4-3-5-7-19/h3-11,14H,12-13H2,1-2H3. The summed E-state index contributed by atoms with van der Waals surface area (Å²) in [5, 5.41) is 4.55. The minimum absolute atomic E-state index is 0.178. The van der Waals surface area contributed by atoms with Crippen molar-refractivity contribution >= 4 is 5.78 Å². The molecule has 0 spiro atoms. The highest BCUT2D eigenvalue weighted by atomic mass is 16.1. The molecule has 1 heterocycles. The van der Waals surface area contributed by atoms with Crippen LogP contribution in [0, 0.1) is 13.8 Å². The van der Waals surface area contributed by atoms with Gasteiger partial charge in [-0.2, -0.15) is 5.10 Å². The first kappa shape index (κ1) is 15.2. The second-order valence-electron chi connectivity index (χ2n) is 5.81. The molecule has 3 rings (SSSR count). The summed E-state index contributed by atoms with van der Waals surface area (Å²) in [7, 11) is 0. The molecular weight excluding hydrogens is 284 g/mol. The predicted molar refractivity (Wildman–Crippen MR) is 92.1 cm³/mol. The van der Waals surface area contributed by atoms with Crippen LogP contribution in [0.4, 0.5) is 0 Å². The zero-order valence-electron chi connectivity index (χ0n) is 13.5. The van der Waals surface area contributed by atoms with E-state index in [0.717, 1.165) is 22.5 Å². The average Bonchev–Trinajstić information content (AvgIpc) is 2.95. The second kappa shape index (κ2) is 6.61. The summed E-state index contributed by atoms with van der Waals surface area (Å²) in [5.74, 6) is 0.178. The zero-order valence-corrected chi connectivity index (χ0v) is 13.5. The predicted octanol–water partition coefficient (Wildman–Crippen LogP) is 4.30. The van der Waals surface area contributed by atoms with E-state index in [-0.39, 0.29) is 5.78 Å². The molecule has 0 bridgehead atoms. The summed E-state index contributed by atoms with van der Waals surface area (Å²) in [6.07, 6.45) is 3.24. The lowest BCUT2D eigenvalue weighted by Gasteiger charge is -2.01. The number of nitrogens with zero attached hydrogens (tertiary/aromatic N) is 2. The maximum atomic E-state index is 12.3. The highest BCUT2D eigenvalue weighted by Crippen LogP contribution is 2.15. The second-order valence-corrected chi connectivity index (χ2v) is 5.81. The van der Waals surface area contributed by atoms with Crippen LogP contribution >= 0.6 is 0 Å². The Morgan fingerprint density at radius 3 is 2.39 bits per heavy atom. The van der Waals surface area contributed by atoms with Gasteiger partial charge in [0.2, 0.25) is 0 Å². The van der Waals surface area contributed by atoms with Crippen molar-refractivity contribution in [3.05, 3.63) is 83.2 Å². The largest absolute Gasteiger partial charge is 0.294 e. The molecule has 0 amide bonds. The summed E-state index contributed by atoms with van der Waals surface area (Å²) in [4.78, 5) is 12.3. The van der Waals surface area contributed by atoms with E-state index in [1.165, 1.54) is 5.56 Å². The number of para-hydroxylation sites is 1. The first-order valence-corrected chi connectivity index (χ1v) is 7.84. The molecule has 0 aliphatic carbocycles. The molecule has 23 heavy (non-hydrogen) atoms. The van der Waals surface area contributed by atoms with Gasteiger partial charge in [-0.05, 0) is 38.0 Å². The maximum absolute atomic E-state index is 12.3. The summed E-state index contributed by atoms with van der Waals surface area (Å²) < 4.78 is 1.88. The van der Waals surface area contributed by atoms with Gasteiger partial charge in [0.05, 0.1) is 11.4 Å². The van der Waals surface area contributed by atoms with Crippen molar-refractivity contribution in [2.75, 3.05) is 0 Å². The summed E-state index contributed by atoms with van der Waals surface area (Å²) in [5.41, 5.74) is 5.08. The van der Waals surface area contributed by atoms with E-state index in [1.54, 1.807) is 0 Å². The van der Waals surface area contributed by atoms with Crippen LogP contribution in [0.1, 0.15) is 33.6 Å². The van der Waals surface area contributed by atoms with Crippen molar-refractivity contribution in [1.29, 1.82) is 0 Å². The average molecular weight is 304 g/mol. The van der Waals surface area contributed by atoms with E-state index >= 15 is 0 Å². The lowest BCUT2D eigenvalue weighted by molar-refractivity contribution is 0.0983. The van der Waals surface area contributed by atoms with Crippen LogP contribution in [0.2, 0.25) is 0 Å². The fourth-order valence-corrected chi connectivity index (χ4v) is 2.59. The molecule has 0 N–H and O–H groups in total. The molecule has 0 unspecified atom stereocenters.